The maximum atomic E-state index is 8.87. The highest BCUT2D eigenvalue weighted by molar-refractivity contribution is 6.31. The van der Waals surface area contributed by atoms with E-state index in [2.05, 4.69) is 15.6 Å². The first-order valence-corrected chi connectivity index (χ1v) is 7.91. The summed E-state index contributed by atoms with van der Waals surface area (Å²) in [5.41, 5.74) is 2.00. The number of nitrogens with one attached hydrogen (secondary N) is 2. The average molecular weight is 343 g/mol. The molecular weight excluding hydrogens is 324 g/mol. The van der Waals surface area contributed by atoms with Gasteiger partial charge in [-0.25, -0.2) is 4.99 Å². The first-order chi connectivity index (χ1) is 11.7. The van der Waals surface area contributed by atoms with E-state index in [0.717, 1.165) is 28.3 Å². The number of hydrogen-bond acceptors (Lipinski definition) is 3. The highest BCUT2D eigenvalue weighted by atomic mass is 35.5. The van der Waals surface area contributed by atoms with Crippen molar-refractivity contribution in [1.82, 2.24) is 10.6 Å². The number of rotatable bonds is 6. The molecule has 0 aromatic heterocycles. The molecule has 5 nitrogen and oxygen atoms in total. The molecule has 0 radical (unpaired) electrons. The molecule has 0 bridgehead atoms. The number of nitriles is 1. The van der Waals surface area contributed by atoms with E-state index in [1.807, 2.05) is 54.7 Å². The molecule has 0 fully saturated rings. The van der Waals surface area contributed by atoms with Gasteiger partial charge in [0.2, 0.25) is 5.96 Å². The fraction of sp³-hybridized carbons (Fsp3) is 0.222. The van der Waals surface area contributed by atoms with Gasteiger partial charge >= 0.3 is 0 Å². The monoisotopic (exact) mass is 342 g/mol. The summed E-state index contributed by atoms with van der Waals surface area (Å²) in [5.74, 6) is 1.20. The lowest BCUT2D eigenvalue weighted by Crippen LogP contribution is -2.35. The van der Waals surface area contributed by atoms with Gasteiger partial charge in [-0.3, -0.25) is 5.32 Å². The first-order valence-electron chi connectivity index (χ1n) is 7.53. The third-order valence-electron chi connectivity index (χ3n) is 3.42. The van der Waals surface area contributed by atoms with Gasteiger partial charge in [-0.05, 0) is 24.1 Å². The predicted molar refractivity (Wildman–Crippen MR) is 96.0 cm³/mol. The first kappa shape index (κ1) is 17.6. The van der Waals surface area contributed by atoms with E-state index >= 15 is 0 Å². The minimum atomic E-state index is 0.410. The molecule has 0 aliphatic carbocycles. The van der Waals surface area contributed by atoms with Gasteiger partial charge in [0.05, 0.1) is 13.7 Å². The van der Waals surface area contributed by atoms with Crippen LogP contribution < -0.4 is 15.4 Å². The van der Waals surface area contributed by atoms with E-state index < -0.39 is 0 Å². The van der Waals surface area contributed by atoms with E-state index in [-0.39, 0.29) is 0 Å². The van der Waals surface area contributed by atoms with Gasteiger partial charge in [0, 0.05) is 17.1 Å². The summed E-state index contributed by atoms with van der Waals surface area (Å²) in [4.78, 5) is 4.40. The smallest absolute Gasteiger partial charge is 0.205 e. The second-order valence-electron chi connectivity index (χ2n) is 4.98. The molecule has 0 amide bonds. The SMILES string of the molecule is COc1ccccc1CN=C(NC#N)NCCc1ccccc1Cl. The van der Waals surface area contributed by atoms with Crippen molar-refractivity contribution in [2.24, 2.45) is 4.99 Å². The van der Waals surface area contributed by atoms with Gasteiger partial charge < -0.3 is 10.1 Å². The average Bonchev–Trinajstić information content (AvgIpc) is 2.61. The van der Waals surface area contributed by atoms with Crippen molar-refractivity contribution in [3.05, 3.63) is 64.7 Å². The summed E-state index contributed by atoms with van der Waals surface area (Å²) in [5, 5.41) is 15.3. The van der Waals surface area contributed by atoms with E-state index in [4.69, 9.17) is 21.6 Å². The summed E-state index contributed by atoms with van der Waals surface area (Å²) in [6.45, 7) is 1.02. The number of nitrogens with zero attached hydrogens (tertiary/aromatic N) is 2. The predicted octanol–water partition coefficient (Wildman–Crippen LogP) is 3.11. The largest absolute Gasteiger partial charge is 0.496 e. The Labute approximate surface area is 146 Å². The van der Waals surface area contributed by atoms with Gasteiger partial charge in [-0.15, -0.1) is 0 Å². The zero-order valence-electron chi connectivity index (χ0n) is 13.4. The Morgan fingerprint density at radius 3 is 2.58 bits per heavy atom. The summed E-state index contributed by atoms with van der Waals surface area (Å²) in [6, 6.07) is 15.3. The third-order valence-corrected chi connectivity index (χ3v) is 3.79. The van der Waals surface area contributed by atoms with Crippen LogP contribution in [0.1, 0.15) is 11.1 Å². The Morgan fingerprint density at radius 1 is 1.17 bits per heavy atom. The molecule has 0 aliphatic rings. The maximum Gasteiger partial charge on any atom is 0.205 e. The number of ether oxygens (including phenoxy) is 1. The summed E-state index contributed by atoms with van der Waals surface area (Å²) in [6.07, 6.45) is 2.63. The van der Waals surface area contributed by atoms with Crippen LogP contribution in [0, 0.1) is 11.5 Å². The van der Waals surface area contributed by atoms with Gasteiger partial charge in [0.25, 0.3) is 0 Å². The molecule has 2 N–H and O–H groups in total. The maximum absolute atomic E-state index is 8.87. The molecule has 2 aromatic carbocycles. The normalized spacial score (nSPS) is 10.8. The number of para-hydroxylation sites is 1. The molecule has 2 aromatic rings. The Morgan fingerprint density at radius 2 is 1.88 bits per heavy atom. The van der Waals surface area contributed by atoms with Gasteiger partial charge in [-0.2, -0.15) is 5.26 Å². The highest BCUT2D eigenvalue weighted by Crippen LogP contribution is 2.18. The van der Waals surface area contributed by atoms with Crippen LogP contribution in [-0.2, 0) is 13.0 Å². The molecule has 24 heavy (non-hydrogen) atoms. The van der Waals surface area contributed by atoms with Crippen LogP contribution in [0.25, 0.3) is 0 Å². The quantitative estimate of drug-likeness (QED) is 0.366. The van der Waals surface area contributed by atoms with Crippen LogP contribution in [0.5, 0.6) is 5.75 Å². The zero-order chi connectivity index (χ0) is 17.2. The van der Waals surface area contributed by atoms with Crippen molar-refractivity contribution >= 4 is 17.6 Å². The number of benzene rings is 2. The van der Waals surface area contributed by atoms with Gasteiger partial charge in [-0.1, -0.05) is 48.0 Å². The Kier molecular flexibility index (Phi) is 6.93. The van der Waals surface area contributed by atoms with Gasteiger partial charge in [0.1, 0.15) is 5.75 Å². The fourth-order valence-corrected chi connectivity index (χ4v) is 2.44. The number of halogens is 1. The van der Waals surface area contributed by atoms with Crippen molar-refractivity contribution in [3.8, 4) is 11.9 Å². The molecule has 0 unspecified atom stereocenters. The Bertz CT molecular complexity index is 740. The van der Waals surface area contributed by atoms with Gasteiger partial charge in [0.15, 0.2) is 6.19 Å². The summed E-state index contributed by atoms with van der Waals surface area (Å²) >= 11 is 6.14. The molecule has 2 rings (SSSR count). The second kappa shape index (κ2) is 9.43. The van der Waals surface area contributed by atoms with Crippen molar-refractivity contribution in [2.45, 2.75) is 13.0 Å². The topological polar surface area (TPSA) is 69.4 Å². The van der Waals surface area contributed by atoms with E-state index in [1.165, 1.54) is 0 Å². The molecule has 6 heteroatoms. The summed E-state index contributed by atoms with van der Waals surface area (Å²) < 4.78 is 5.30. The number of methoxy groups -OCH3 is 1. The molecule has 0 heterocycles. The number of hydrogen-bond donors (Lipinski definition) is 2. The van der Waals surface area contributed by atoms with Crippen molar-refractivity contribution in [2.75, 3.05) is 13.7 Å². The number of aliphatic imine (C=N–C) groups is 1. The molecule has 0 saturated heterocycles. The van der Waals surface area contributed by atoms with Crippen LogP contribution in [0.15, 0.2) is 53.5 Å². The van der Waals surface area contributed by atoms with Crippen molar-refractivity contribution in [1.29, 1.82) is 5.26 Å². The second-order valence-corrected chi connectivity index (χ2v) is 5.39. The van der Waals surface area contributed by atoms with Crippen LogP contribution in [-0.4, -0.2) is 19.6 Å². The highest BCUT2D eigenvalue weighted by Gasteiger charge is 2.03. The third kappa shape index (κ3) is 5.18. The number of guanidine groups is 1. The fourth-order valence-electron chi connectivity index (χ4n) is 2.21. The van der Waals surface area contributed by atoms with Crippen LogP contribution in [0.4, 0.5) is 0 Å². The molecule has 0 spiro atoms. The van der Waals surface area contributed by atoms with E-state index in [1.54, 1.807) is 7.11 Å². The standard InChI is InChI=1S/C18H19ClN4O/c1-24-17-9-5-3-7-15(17)12-22-18(23-13-20)21-11-10-14-6-2-4-8-16(14)19/h2-9H,10-12H2,1H3,(H2,21,22,23). The molecular formula is C18H19ClN4O. The summed E-state index contributed by atoms with van der Waals surface area (Å²) in [7, 11) is 1.62. The lowest BCUT2D eigenvalue weighted by atomic mass is 10.1. The van der Waals surface area contributed by atoms with Crippen molar-refractivity contribution in [3.63, 3.8) is 0 Å². The minimum absolute atomic E-state index is 0.410. The van der Waals surface area contributed by atoms with E-state index in [9.17, 15) is 0 Å². The minimum Gasteiger partial charge on any atom is -0.496 e. The lowest BCUT2D eigenvalue weighted by Gasteiger charge is -2.10. The Hall–Kier alpha value is -2.71. The lowest BCUT2D eigenvalue weighted by molar-refractivity contribution is 0.410. The van der Waals surface area contributed by atoms with Crippen LogP contribution >= 0.6 is 11.6 Å². The van der Waals surface area contributed by atoms with Crippen molar-refractivity contribution < 1.29 is 4.74 Å². The van der Waals surface area contributed by atoms with E-state index in [0.29, 0.717) is 19.0 Å². The Balaban J connectivity index is 1.96. The molecule has 0 atom stereocenters. The molecule has 124 valence electrons. The molecule has 0 aliphatic heterocycles. The zero-order valence-corrected chi connectivity index (χ0v) is 14.2. The van der Waals surface area contributed by atoms with Crippen LogP contribution in [0.2, 0.25) is 5.02 Å². The molecule has 0 saturated carbocycles. The van der Waals surface area contributed by atoms with Crippen LogP contribution in [0.3, 0.4) is 0 Å².